The highest BCUT2D eigenvalue weighted by atomic mass is 19.1. The van der Waals surface area contributed by atoms with E-state index in [1.165, 1.54) is 12.1 Å². The second-order valence-electron chi connectivity index (χ2n) is 6.78. The zero-order valence-electron chi connectivity index (χ0n) is 15.8. The maximum absolute atomic E-state index is 13.2. The van der Waals surface area contributed by atoms with Crippen LogP contribution >= 0.6 is 0 Å². The zero-order chi connectivity index (χ0) is 21.1. The van der Waals surface area contributed by atoms with Crippen LogP contribution in [0.4, 0.5) is 10.1 Å². The van der Waals surface area contributed by atoms with Crippen molar-refractivity contribution >= 4 is 23.1 Å². The van der Waals surface area contributed by atoms with Gasteiger partial charge in [0.2, 0.25) is 0 Å². The molecule has 0 saturated heterocycles. The SMILES string of the molecule is N#CCc1ccc(NC=C2C(=O)NC(=O)c3ccc(-c4ccc(F)cc4)cc32)cc1. The summed E-state index contributed by atoms with van der Waals surface area (Å²) in [5.41, 5.74) is 4.38. The molecule has 146 valence electrons. The predicted molar refractivity (Wildman–Crippen MR) is 112 cm³/mol. The van der Waals surface area contributed by atoms with E-state index in [0.29, 0.717) is 23.1 Å². The van der Waals surface area contributed by atoms with Crippen molar-refractivity contribution in [3.05, 3.63) is 95.4 Å². The zero-order valence-corrected chi connectivity index (χ0v) is 15.8. The summed E-state index contributed by atoms with van der Waals surface area (Å²) in [6.45, 7) is 0. The molecule has 0 saturated carbocycles. The highest BCUT2D eigenvalue weighted by molar-refractivity contribution is 6.31. The molecular formula is C24H16FN3O2. The number of carbonyl (C=O) groups excluding carboxylic acids is 2. The molecule has 0 aliphatic carbocycles. The summed E-state index contributed by atoms with van der Waals surface area (Å²) in [5, 5.41) is 14.2. The van der Waals surface area contributed by atoms with Gasteiger partial charge in [0.15, 0.2) is 0 Å². The number of benzene rings is 3. The number of nitriles is 1. The summed E-state index contributed by atoms with van der Waals surface area (Å²) < 4.78 is 13.2. The van der Waals surface area contributed by atoms with E-state index in [-0.39, 0.29) is 5.82 Å². The maximum Gasteiger partial charge on any atom is 0.260 e. The van der Waals surface area contributed by atoms with E-state index in [2.05, 4.69) is 16.7 Å². The lowest BCUT2D eigenvalue weighted by molar-refractivity contribution is -0.114. The first-order valence-electron chi connectivity index (χ1n) is 9.24. The van der Waals surface area contributed by atoms with Crippen LogP contribution < -0.4 is 10.6 Å². The van der Waals surface area contributed by atoms with E-state index in [1.54, 1.807) is 36.5 Å². The highest BCUT2D eigenvalue weighted by Gasteiger charge is 2.27. The molecule has 0 fully saturated rings. The molecule has 0 spiro atoms. The average Bonchev–Trinajstić information content (AvgIpc) is 2.75. The minimum atomic E-state index is -0.502. The Balaban J connectivity index is 1.69. The van der Waals surface area contributed by atoms with E-state index in [1.807, 2.05) is 24.3 Å². The van der Waals surface area contributed by atoms with Crippen molar-refractivity contribution in [2.24, 2.45) is 0 Å². The van der Waals surface area contributed by atoms with Crippen molar-refractivity contribution in [3.63, 3.8) is 0 Å². The Bertz CT molecular complexity index is 1210. The highest BCUT2D eigenvalue weighted by Crippen LogP contribution is 2.30. The number of hydrogen-bond acceptors (Lipinski definition) is 4. The number of imide groups is 1. The number of fused-ring (bicyclic) bond motifs is 1. The van der Waals surface area contributed by atoms with Gasteiger partial charge in [-0.1, -0.05) is 30.3 Å². The molecule has 0 bridgehead atoms. The lowest BCUT2D eigenvalue weighted by atomic mass is 9.91. The van der Waals surface area contributed by atoms with Gasteiger partial charge in [0.1, 0.15) is 5.82 Å². The van der Waals surface area contributed by atoms with Gasteiger partial charge in [0.05, 0.1) is 18.1 Å². The van der Waals surface area contributed by atoms with Crippen molar-refractivity contribution in [2.45, 2.75) is 6.42 Å². The molecule has 6 heteroatoms. The van der Waals surface area contributed by atoms with Crippen LogP contribution in [0.1, 0.15) is 21.5 Å². The molecule has 0 unspecified atom stereocenters. The van der Waals surface area contributed by atoms with Crippen molar-refractivity contribution in [1.29, 1.82) is 5.26 Å². The summed E-state index contributed by atoms with van der Waals surface area (Å²) in [6.07, 6.45) is 1.87. The number of hydrogen-bond donors (Lipinski definition) is 2. The van der Waals surface area contributed by atoms with Gasteiger partial charge in [0.25, 0.3) is 11.8 Å². The molecular weight excluding hydrogens is 381 g/mol. The van der Waals surface area contributed by atoms with Crippen LogP contribution in [0.2, 0.25) is 0 Å². The van der Waals surface area contributed by atoms with Gasteiger partial charge in [-0.2, -0.15) is 5.26 Å². The molecule has 3 aromatic rings. The van der Waals surface area contributed by atoms with Crippen molar-refractivity contribution in [2.75, 3.05) is 5.32 Å². The van der Waals surface area contributed by atoms with Crippen LogP contribution in [-0.4, -0.2) is 11.8 Å². The molecule has 3 aromatic carbocycles. The third kappa shape index (κ3) is 3.82. The molecule has 2 amide bonds. The third-order valence-electron chi connectivity index (χ3n) is 4.82. The van der Waals surface area contributed by atoms with Crippen LogP contribution in [0.25, 0.3) is 16.7 Å². The first kappa shape index (κ1) is 19.1. The second-order valence-corrected chi connectivity index (χ2v) is 6.78. The number of halogens is 1. The van der Waals surface area contributed by atoms with E-state index < -0.39 is 11.8 Å². The Labute approximate surface area is 172 Å². The van der Waals surface area contributed by atoms with Crippen LogP contribution in [0.5, 0.6) is 0 Å². The largest absolute Gasteiger partial charge is 0.361 e. The molecule has 2 N–H and O–H groups in total. The summed E-state index contributed by atoms with van der Waals surface area (Å²) in [4.78, 5) is 24.7. The quantitative estimate of drug-likeness (QED) is 0.509. The number of rotatable bonds is 4. The lowest BCUT2D eigenvalue weighted by Gasteiger charge is -2.19. The Morgan fingerprint density at radius 3 is 2.30 bits per heavy atom. The third-order valence-corrected chi connectivity index (χ3v) is 4.82. The summed E-state index contributed by atoms with van der Waals surface area (Å²) >= 11 is 0. The molecule has 5 nitrogen and oxygen atoms in total. The standard InChI is InChI=1S/C24H16FN3O2/c25-18-6-3-16(4-7-18)17-5-10-20-21(13-17)22(24(30)28-23(20)29)14-27-19-8-1-15(2-9-19)11-12-26/h1-10,13-14,27H,11H2,(H,28,29,30). The van der Waals surface area contributed by atoms with Crippen LogP contribution in [-0.2, 0) is 11.2 Å². The van der Waals surface area contributed by atoms with Crippen molar-refractivity contribution < 1.29 is 14.0 Å². The van der Waals surface area contributed by atoms with Gasteiger partial charge >= 0.3 is 0 Å². The minimum absolute atomic E-state index is 0.315. The Morgan fingerprint density at radius 2 is 1.60 bits per heavy atom. The van der Waals surface area contributed by atoms with E-state index >= 15 is 0 Å². The number of nitrogens with one attached hydrogen (secondary N) is 2. The van der Waals surface area contributed by atoms with Crippen LogP contribution in [0.3, 0.4) is 0 Å². The van der Waals surface area contributed by atoms with Gasteiger partial charge in [0, 0.05) is 23.0 Å². The number of nitrogens with zero attached hydrogens (tertiary/aromatic N) is 1. The Hall–Kier alpha value is -4.24. The van der Waals surface area contributed by atoms with E-state index in [0.717, 1.165) is 22.4 Å². The molecule has 0 radical (unpaired) electrons. The fourth-order valence-corrected chi connectivity index (χ4v) is 3.26. The van der Waals surface area contributed by atoms with E-state index in [4.69, 9.17) is 5.26 Å². The molecule has 30 heavy (non-hydrogen) atoms. The minimum Gasteiger partial charge on any atom is -0.361 e. The van der Waals surface area contributed by atoms with Crippen LogP contribution in [0, 0.1) is 17.1 Å². The lowest BCUT2D eigenvalue weighted by Crippen LogP contribution is -2.36. The molecule has 1 aliphatic rings. The van der Waals surface area contributed by atoms with Gasteiger partial charge in [-0.25, -0.2) is 4.39 Å². The normalized spacial score (nSPS) is 14.1. The topological polar surface area (TPSA) is 82.0 Å². The molecule has 1 heterocycles. The van der Waals surface area contributed by atoms with Gasteiger partial charge in [-0.05, 0) is 53.1 Å². The molecule has 1 aliphatic heterocycles. The fraction of sp³-hybridized carbons (Fsp3) is 0.0417. The first-order chi connectivity index (χ1) is 14.5. The second kappa shape index (κ2) is 8.02. The average molecular weight is 397 g/mol. The fourth-order valence-electron chi connectivity index (χ4n) is 3.26. The summed E-state index contributed by atoms with van der Waals surface area (Å²) in [7, 11) is 0. The van der Waals surface area contributed by atoms with Gasteiger partial charge in [-0.3, -0.25) is 14.9 Å². The summed E-state index contributed by atoms with van der Waals surface area (Å²) in [5.74, 6) is -1.30. The number of carbonyl (C=O) groups is 2. The first-order valence-corrected chi connectivity index (χ1v) is 9.24. The Morgan fingerprint density at radius 1 is 0.900 bits per heavy atom. The Kier molecular flexibility index (Phi) is 5.10. The number of amides is 2. The maximum atomic E-state index is 13.2. The monoisotopic (exact) mass is 397 g/mol. The van der Waals surface area contributed by atoms with Crippen molar-refractivity contribution in [3.8, 4) is 17.2 Å². The van der Waals surface area contributed by atoms with Crippen molar-refractivity contribution in [1.82, 2.24) is 5.32 Å². The number of anilines is 1. The smallest absolute Gasteiger partial charge is 0.260 e. The molecule has 0 aromatic heterocycles. The molecule has 4 rings (SSSR count). The molecule has 0 atom stereocenters. The van der Waals surface area contributed by atoms with E-state index in [9.17, 15) is 14.0 Å². The predicted octanol–water partition coefficient (Wildman–Crippen LogP) is 4.28. The van der Waals surface area contributed by atoms with Gasteiger partial charge < -0.3 is 5.32 Å². The van der Waals surface area contributed by atoms with Gasteiger partial charge in [-0.15, -0.1) is 0 Å². The van der Waals surface area contributed by atoms with Crippen LogP contribution in [0.15, 0.2) is 72.9 Å². The summed E-state index contributed by atoms with van der Waals surface area (Å²) in [6, 6.07) is 20.6.